The van der Waals surface area contributed by atoms with Crippen LogP contribution < -0.4 is 0 Å². The quantitative estimate of drug-likeness (QED) is 0.360. The van der Waals surface area contributed by atoms with E-state index >= 15 is 0 Å². The van der Waals surface area contributed by atoms with E-state index in [2.05, 4.69) is 16.5 Å². The molecule has 3 aromatic rings. The van der Waals surface area contributed by atoms with Gasteiger partial charge in [-0.25, -0.2) is 4.98 Å². The Kier molecular flexibility index (Phi) is 7.30. The molecule has 1 N–H and O–H groups in total. The number of aromatic nitrogens is 2. The minimum Gasteiger partial charge on any atom is -0.481 e. The molecule has 1 aliphatic heterocycles. The highest BCUT2D eigenvalue weighted by molar-refractivity contribution is 6.37. The summed E-state index contributed by atoms with van der Waals surface area (Å²) in [5, 5.41) is 10.4. The number of carboxylic acids is 1. The summed E-state index contributed by atoms with van der Waals surface area (Å²) in [7, 11) is 0. The van der Waals surface area contributed by atoms with Crippen LogP contribution in [0.5, 0.6) is 0 Å². The molecule has 0 aliphatic carbocycles. The van der Waals surface area contributed by atoms with Crippen LogP contribution in [0.3, 0.4) is 0 Å². The van der Waals surface area contributed by atoms with Gasteiger partial charge in [-0.1, -0.05) is 29.8 Å². The number of pyridine rings is 1. The number of fused-ring (bicyclic) bond motifs is 1. The van der Waals surface area contributed by atoms with E-state index in [4.69, 9.17) is 28.3 Å². The van der Waals surface area contributed by atoms with Crippen LogP contribution in [0.25, 0.3) is 16.6 Å². The largest absolute Gasteiger partial charge is 0.481 e. The maximum Gasteiger partial charge on any atom is 0.433 e. The van der Waals surface area contributed by atoms with Gasteiger partial charge in [-0.2, -0.15) is 13.2 Å². The molecule has 0 saturated carbocycles. The van der Waals surface area contributed by atoms with E-state index < -0.39 is 17.8 Å². The van der Waals surface area contributed by atoms with Gasteiger partial charge in [0.05, 0.1) is 22.8 Å². The molecule has 0 radical (unpaired) electrons. The lowest BCUT2D eigenvalue weighted by atomic mass is 9.93. The Morgan fingerprint density at radius 2 is 1.89 bits per heavy atom. The molecule has 1 fully saturated rings. The molecule has 2 aromatic heterocycles. The number of alkyl halides is 3. The summed E-state index contributed by atoms with van der Waals surface area (Å²) in [6.07, 6.45) is -1.08. The lowest BCUT2D eigenvalue weighted by Crippen LogP contribution is -2.33. The van der Waals surface area contributed by atoms with Gasteiger partial charge in [-0.15, -0.1) is 0 Å². The number of nitrogens with zero attached hydrogens (tertiary/aromatic N) is 3. The molecule has 192 valence electrons. The van der Waals surface area contributed by atoms with Crippen molar-refractivity contribution in [3.05, 3.63) is 69.1 Å². The summed E-state index contributed by atoms with van der Waals surface area (Å²) >= 11 is 13.4. The van der Waals surface area contributed by atoms with Crippen LogP contribution in [0.1, 0.15) is 47.3 Å². The Balaban J connectivity index is 1.64. The highest BCUT2D eigenvalue weighted by atomic mass is 35.5. The van der Waals surface area contributed by atoms with E-state index in [-0.39, 0.29) is 24.6 Å². The third kappa shape index (κ3) is 5.20. The third-order valence-corrected chi connectivity index (χ3v) is 7.59. The van der Waals surface area contributed by atoms with E-state index in [1.54, 1.807) is 32.2 Å². The maximum absolute atomic E-state index is 13.3. The van der Waals surface area contributed by atoms with Crippen molar-refractivity contribution < 1.29 is 23.1 Å². The van der Waals surface area contributed by atoms with E-state index in [1.807, 2.05) is 4.57 Å². The number of halogens is 5. The van der Waals surface area contributed by atoms with Crippen LogP contribution in [-0.2, 0) is 17.5 Å². The van der Waals surface area contributed by atoms with Crippen molar-refractivity contribution in [3.8, 4) is 0 Å². The predicted octanol–water partition coefficient (Wildman–Crippen LogP) is 7.18. The second kappa shape index (κ2) is 9.98. The van der Waals surface area contributed by atoms with Gasteiger partial charge in [0, 0.05) is 52.9 Å². The molecule has 0 bridgehead atoms. The van der Waals surface area contributed by atoms with Crippen LogP contribution in [0, 0.1) is 19.8 Å². The number of carbonyl (C=O) groups is 1. The van der Waals surface area contributed by atoms with Gasteiger partial charge in [0.2, 0.25) is 0 Å². The fourth-order valence-corrected chi connectivity index (χ4v) is 5.53. The first-order valence-corrected chi connectivity index (χ1v) is 12.3. The Morgan fingerprint density at radius 3 is 2.50 bits per heavy atom. The second-order valence-electron chi connectivity index (χ2n) is 9.29. The normalized spacial score (nSPS) is 15.0. The predicted molar refractivity (Wildman–Crippen MR) is 135 cm³/mol. The van der Waals surface area contributed by atoms with Gasteiger partial charge in [-0.05, 0) is 56.4 Å². The lowest BCUT2D eigenvalue weighted by Gasteiger charge is -2.35. The van der Waals surface area contributed by atoms with Crippen molar-refractivity contribution >= 4 is 45.8 Å². The fraction of sp³-hybridized carbons (Fsp3) is 0.385. The number of rotatable bonds is 6. The average molecular weight is 540 g/mol. The van der Waals surface area contributed by atoms with Crippen LogP contribution in [0.2, 0.25) is 10.0 Å². The van der Waals surface area contributed by atoms with Crippen molar-refractivity contribution in [2.24, 2.45) is 5.92 Å². The molecule has 10 heteroatoms. The smallest absolute Gasteiger partial charge is 0.433 e. The molecule has 0 unspecified atom stereocenters. The van der Waals surface area contributed by atoms with Crippen molar-refractivity contribution in [1.29, 1.82) is 0 Å². The summed E-state index contributed by atoms with van der Waals surface area (Å²) in [5.41, 5.74) is 2.71. The van der Waals surface area contributed by atoms with Crippen molar-refractivity contribution in [1.82, 2.24) is 14.5 Å². The molecule has 3 heterocycles. The monoisotopic (exact) mass is 539 g/mol. The van der Waals surface area contributed by atoms with E-state index in [0.717, 1.165) is 30.2 Å². The van der Waals surface area contributed by atoms with Gasteiger partial charge >= 0.3 is 12.1 Å². The number of hydrogen-bond donors (Lipinski definition) is 1. The zero-order valence-electron chi connectivity index (χ0n) is 19.9. The molecule has 1 aromatic carbocycles. The number of aryl methyl sites for hydroxylation is 2. The summed E-state index contributed by atoms with van der Waals surface area (Å²) in [4.78, 5) is 16.9. The zero-order chi connectivity index (χ0) is 26.4. The summed E-state index contributed by atoms with van der Waals surface area (Å²) < 4.78 is 41.7. The van der Waals surface area contributed by atoms with Gasteiger partial charge in [0.25, 0.3) is 0 Å². The maximum atomic E-state index is 13.3. The minimum atomic E-state index is -4.53. The van der Waals surface area contributed by atoms with Crippen molar-refractivity contribution in [2.45, 2.75) is 45.8 Å². The third-order valence-electron chi connectivity index (χ3n) is 6.80. The van der Waals surface area contributed by atoms with E-state index in [1.165, 1.54) is 0 Å². The molecule has 1 saturated heterocycles. The Morgan fingerprint density at radius 1 is 1.22 bits per heavy atom. The van der Waals surface area contributed by atoms with Crippen molar-refractivity contribution in [2.75, 3.05) is 13.1 Å². The second-order valence-corrected chi connectivity index (χ2v) is 10.1. The topological polar surface area (TPSA) is 58.4 Å². The van der Waals surface area contributed by atoms with Gasteiger partial charge in [0.1, 0.15) is 5.69 Å². The Bertz CT molecular complexity index is 1340. The standard InChI is InChI=1S/C26H26Cl2F3N3O2/c1-14-12-34(25-15(2)32-22(11-19(14)25)26(29,30)31)13-20-21(27)5-4-18(24(20)28)16(3)33-8-6-17(7-9-33)10-23(35)36/h4-5,11-12,17H,3,6-10,13H2,1-2H3,(H,35,36). The number of aliphatic carboxylic acids is 1. The molecule has 0 amide bonds. The summed E-state index contributed by atoms with van der Waals surface area (Å²) in [6.45, 7) is 9.16. The van der Waals surface area contributed by atoms with E-state index in [0.29, 0.717) is 45.2 Å². The first-order chi connectivity index (χ1) is 16.9. The minimum absolute atomic E-state index is 0.141. The van der Waals surface area contributed by atoms with Gasteiger partial charge < -0.3 is 14.6 Å². The SMILES string of the molecule is C=C(c1ccc(Cl)c(Cn2cc(C)c3cc(C(F)(F)F)nc(C)c32)c1Cl)N1CCC(CC(=O)O)CC1. The summed E-state index contributed by atoms with van der Waals surface area (Å²) in [6, 6.07) is 4.62. The van der Waals surface area contributed by atoms with Crippen LogP contribution >= 0.6 is 23.2 Å². The number of benzene rings is 1. The molecule has 36 heavy (non-hydrogen) atoms. The van der Waals surface area contributed by atoms with Gasteiger partial charge in [0.15, 0.2) is 0 Å². The van der Waals surface area contributed by atoms with Crippen LogP contribution in [0.15, 0.2) is 31.0 Å². The summed E-state index contributed by atoms with van der Waals surface area (Å²) in [5.74, 6) is -0.645. The first kappa shape index (κ1) is 26.4. The van der Waals surface area contributed by atoms with E-state index in [9.17, 15) is 18.0 Å². The molecule has 5 nitrogen and oxygen atoms in total. The highest BCUT2D eigenvalue weighted by Gasteiger charge is 2.33. The molecule has 0 spiro atoms. The molecule has 4 rings (SSSR count). The zero-order valence-corrected chi connectivity index (χ0v) is 21.4. The van der Waals surface area contributed by atoms with Crippen molar-refractivity contribution in [3.63, 3.8) is 0 Å². The number of hydrogen-bond acceptors (Lipinski definition) is 3. The van der Waals surface area contributed by atoms with Crippen LogP contribution in [0.4, 0.5) is 13.2 Å². The fourth-order valence-electron chi connectivity index (χ4n) is 4.93. The average Bonchev–Trinajstić information content (AvgIpc) is 3.11. The highest BCUT2D eigenvalue weighted by Crippen LogP contribution is 2.37. The molecular weight excluding hydrogens is 514 g/mol. The number of likely N-dealkylation sites (tertiary alicyclic amines) is 1. The number of piperidine rings is 1. The Hall–Kier alpha value is -2.71. The van der Waals surface area contributed by atoms with Gasteiger partial charge in [-0.3, -0.25) is 4.79 Å². The first-order valence-electron chi connectivity index (χ1n) is 11.5. The molecule has 1 aliphatic rings. The molecular formula is C26H26Cl2F3N3O2. The van der Waals surface area contributed by atoms with Crippen LogP contribution in [-0.4, -0.2) is 38.6 Å². The number of carboxylic acid groups (broad SMARTS) is 1. The Labute approximate surface area is 217 Å². The molecule has 0 atom stereocenters. The lowest BCUT2D eigenvalue weighted by molar-refractivity contribution is -0.141.